The SMILES string of the molecule is CC(C(=O)Nc1ccc2c(c1)OCCCO2)N1C(=O)C2CC=CCC2C1=O. The summed E-state index contributed by atoms with van der Waals surface area (Å²) in [5.74, 6) is -0.376. The molecule has 3 aliphatic rings. The van der Waals surface area contributed by atoms with E-state index in [-0.39, 0.29) is 23.7 Å². The van der Waals surface area contributed by atoms with Gasteiger partial charge in [0.15, 0.2) is 11.5 Å². The number of carbonyl (C=O) groups excluding carboxylic acids is 3. The van der Waals surface area contributed by atoms with Crippen molar-refractivity contribution >= 4 is 23.4 Å². The molecule has 0 aromatic heterocycles. The molecule has 0 spiro atoms. The van der Waals surface area contributed by atoms with Gasteiger partial charge in [0.25, 0.3) is 0 Å². The number of nitrogens with zero attached hydrogens (tertiary/aromatic N) is 1. The highest BCUT2D eigenvalue weighted by Crippen LogP contribution is 2.36. The summed E-state index contributed by atoms with van der Waals surface area (Å²) in [6.07, 6.45) is 5.77. The van der Waals surface area contributed by atoms with E-state index >= 15 is 0 Å². The number of allylic oxidation sites excluding steroid dienone is 2. The summed E-state index contributed by atoms with van der Waals surface area (Å²) in [5.41, 5.74) is 0.536. The molecule has 3 atom stereocenters. The van der Waals surface area contributed by atoms with Crippen molar-refractivity contribution in [3.05, 3.63) is 30.4 Å². The summed E-state index contributed by atoms with van der Waals surface area (Å²) >= 11 is 0. The molecule has 4 rings (SSSR count). The molecule has 0 saturated carbocycles. The predicted molar refractivity (Wildman–Crippen MR) is 97.3 cm³/mol. The smallest absolute Gasteiger partial charge is 0.247 e. The summed E-state index contributed by atoms with van der Waals surface area (Å²) < 4.78 is 11.2. The van der Waals surface area contributed by atoms with Gasteiger partial charge in [-0.25, -0.2) is 0 Å². The minimum absolute atomic E-state index is 0.254. The lowest BCUT2D eigenvalue weighted by molar-refractivity contribution is -0.146. The lowest BCUT2D eigenvalue weighted by atomic mass is 9.85. The van der Waals surface area contributed by atoms with Crippen LogP contribution >= 0.6 is 0 Å². The van der Waals surface area contributed by atoms with E-state index in [1.54, 1.807) is 25.1 Å². The van der Waals surface area contributed by atoms with Crippen molar-refractivity contribution in [3.63, 3.8) is 0 Å². The van der Waals surface area contributed by atoms with Crippen LogP contribution in [0.25, 0.3) is 0 Å². The molecule has 1 saturated heterocycles. The van der Waals surface area contributed by atoms with E-state index < -0.39 is 11.9 Å². The zero-order valence-corrected chi connectivity index (χ0v) is 15.1. The van der Waals surface area contributed by atoms with Crippen LogP contribution in [0.2, 0.25) is 0 Å². The number of hydrogen-bond donors (Lipinski definition) is 1. The fourth-order valence-corrected chi connectivity index (χ4v) is 3.81. The van der Waals surface area contributed by atoms with Gasteiger partial charge in [-0.1, -0.05) is 12.2 Å². The molecule has 7 nitrogen and oxygen atoms in total. The molecule has 1 N–H and O–H groups in total. The van der Waals surface area contributed by atoms with Crippen molar-refractivity contribution in [2.24, 2.45) is 11.8 Å². The monoisotopic (exact) mass is 370 g/mol. The Morgan fingerprint density at radius 1 is 1.07 bits per heavy atom. The van der Waals surface area contributed by atoms with E-state index in [1.807, 2.05) is 12.2 Å². The van der Waals surface area contributed by atoms with E-state index in [4.69, 9.17) is 9.47 Å². The Morgan fingerprint density at radius 3 is 2.37 bits per heavy atom. The summed E-state index contributed by atoms with van der Waals surface area (Å²) in [6, 6.07) is 4.29. The number of fused-ring (bicyclic) bond motifs is 2. The second-order valence-electron chi connectivity index (χ2n) is 7.08. The van der Waals surface area contributed by atoms with E-state index in [0.717, 1.165) is 11.3 Å². The molecule has 0 bridgehead atoms. The Kier molecular flexibility index (Phi) is 4.59. The maximum Gasteiger partial charge on any atom is 0.247 e. The number of hydrogen-bond acceptors (Lipinski definition) is 5. The van der Waals surface area contributed by atoms with E-state index in [0.29, 0.717) is 43.2 Å². The summed E-state index contributed by atoms with van der Waals surface area (Å²) in [7, 11) is 0. The van der Waals surface area contributed by atoms with E-state index in [1.165, 1.54) is 0 Å². The van der Waals surface area contributed by atoms with Crippen LogP contribution in [0.1, 0.15) is 26.2 Å². The zero-order valence-electron chi connectivity index (χ0n) is 15.1. The molecule has 2 aliphatic heterocycles. The number of imide groups is 1. The molecule has 2 heterocycles. The summed E-state index contributed by atoms with van der Waals surface area (Å²) in [5, 5.41) is 2.78. The summed E-state index contributed by atoms with van der Waals surface area (Å²) in [4.78, 5) is 39.1. The second kappa shape index (κ2) is 7.06. The van der Waals surface area contributed by atoms with Crippen LogP contribution in [-0.4, -0.2) is 41.9 Å². The molecule has 0 radical (unpaired) electrons. The number of rotatable bonds is 3. The average molecular weight is 370 g/mol. The van der Waals surface area contributed by atoms with E-state index in [2.05, 4.69) is 5.32 Å². The minimum atomic E-state index is -0.869. The Morgan fingerprint density at radius 2 is 1.70 bits per heavy atom. The normalized spacial score (nSPS) is 25.0. The third-order valence-electron chi connectivity index (χ3n) is 5.32. The Labute approximate surface area is 157 Å². The number of benzene rings is 1. The van der Waals surface area contributed by atoms with Crippen molar-refractivity contribution in [2.75, 3.05) is 18.5 Å². The first kappa shape index (κ1) is 17.6. The van der Waals surface area contributed by atoms with Crippen molar-refractivity contribution in [1.82, 2.24) is 4.90 Å². The second-order valence-corrected chi connectivity index (χ2v) is 7.08. The van der Waals surface area contributed by atoms with Crippen molar-refractivity contribution in [3.8, 4) is 11.5 Å². The van der Waals surface area contributed by atoms with Crippen LogP contribution in [0.15, 0.2) is 30.4 Å². The number of likely N-dealkylation sites (tertiary alicyclic amines) is 1. The third-order valence-corrected chi connectivity index (χ3v) is 5.32. The van der Waals surface area contributed by atoms with Crippen LogP contribution in [0.5, 0.6) is 11.5 Å². The standard InChI is InChI=1S/C20H22N2O5/c1-12(22-19(24)14-5-2-3-6-15(14)20(22)25)18(23)21-13-7-8-16-17(11-13)27-10-4-9-26-16/h2-3,7-8,11-12,14-15H,4-6,9-10H2,1H3,(H,21,23). The van der Waals surface area contributed by atoms with Gasteiger partial charge >= 0.3 is 0 Å². The largest absolute Gasteiger partial charge is 0.490 e. The maximum atomic E-state index is 12.7. The molecule has 142 valence electrons. The molecule has 1 aromatic carbocycles. The van der Waals surface area contributed by atoms with Crippen LogP contribution < -0.4 is 14.8 Å². The number of anilines is 1. The maximum absolute atomic E-state index is 12.7. The van der Waals surface area contributed by atoms with Crippen LogP contribution in [0.4, 0.5) is 5.69 Å². The number of nitrogens with one attached hydrogen (secondary N) is 1. The molecular weight excluding hydrogens is 348 g/mol. The Balaban J connectivity index is 1.48. The minimum Gasteiger partial charge on any atom is -0.490 e. The van der Waals surface area contributed by atoms with Crippen molar-refractivity contribution in [2.45, 2.75) is 32.2 Å². The van der Waals surface area contributed by atoms with Gasteiger partial charge in [0.05, 0.1) is 25.0 Å². The lowest BCUT2D eigenvalue weighted by Gasteiger charge is -2.22. The van der Waals surface area contributed by atoms with Crippen molar-refractivity contribution < 1.29 is 23.9 Å². The highest BCUT2D eigenvalue weighted by molar-refractivity contribution is 6.10. The molecule has 1 fully saturated rings. The van der Waals surface area contributed by atoms with Gasteiger partial charge in [-0.15, -0.1) is 0 Å². The first-order valence-corrected chi connectivity index (χ1v) is 9.28. The quantitative estimate of drug-likeness (QED) is 0.651. The van der Waals surface area contributed by atoms with Crippen molar-refractivity contribution in [1.29, 1.82) is 0 Å². The highest BCUT2D eigenvalue weighted by Gasteiger charge is 2.50. The van der Waals surface area contributed by atoms with Gasteiger partial charge in [0.1, 0.15) is 6.04 Å². The van der Waals surface area contributed by atoms with Gasteiger partial charge in [0, 0.05) is 18.2 Å². The van der Waals surface area contributed by atoms with Gasteiger partial charge in [-0.3, -0.25) is 19.3 Å². The first-order valence-electron chi connectivity index (χ1n) is 9.28. The van der Waals surface area contributed by atoms with Gasteiger partial charge in [-0.05, 0) is 31.9 Å². The van der Waals surface area contributed by atoms with Gasteiger partial charge in [-0.2, -0.15) is 0 Å². The van der Waals surface area contributed by atoms with Gasteiger partial charge in [0.2, 0.25) is 17.7 Å². The topological polar surface area (TPSA) is 84.9 Å². The molecule has 3 unspecified atom stereocenters. The number of amides is 3. The molecule has 1 aliphatic carbocycles. The highest BCUT2D eigenvalue weighted by atomic mass is 16.5. The molecule has 7 heteroatoms. The van der Waals surface area contributed by atoms with Crippen LogP contribution in [0, 0.1) is 11.8 Å². The predicted octanol–water partition coefficient (Wildman–Crippen LogP) is 2.13. The average Bonchev–Trinajstić information content (AvgIpc) is 2.82. The fraction of sp³-hybridized carbons (Fsp3) is 0.450. The van der Waals surface area contributed by atoms with Crippen LogP contribution in [-0.2, 0) is 14.4 Å². The van der Waals surface area contributed by atoms with Gasteiger partial charge < -0.3 is 14.8 Å². The van der Waals surface area contributed by atoms with Crippen LogP contribution in [0.3, 0.4) is 0 Å². The Bertz CT molecular complexity index is 793. The number of carbonyl (C=O) groups is 3. The molecule has 27 heavy (non-hydrogen) atoms. The fourth-order valence-electron chi connectivity index (χ4n) is 3.81. The van der Waals surface area contributed by atoms with E-state index in [9.17, 15) is 14.4 Å². The third kappa shape index (κ3) is 3.18. The number of ether oxygens (including phenoxy) is 2. The zero-order chi connectivity index (χ0) is 19.0. The molecule has 3 amide bonds. The lowest BCUT2D eigenvalue weighted by Crippen LogP contribution is -2.46. The first-order chi connectivity index (χ1) is 13.1. The molecule has 1 aromatic rings. The Hall–Kier alpha value is -2.83. The molecular formula is C20H22N2O5. The summed E-state index contributed by atoms with van der Waals surface area (Å²) in [6.45, 7) is 2.72.